The molecule has 25 heavy (non-hydrogen) atoms. The van der Waals surface area contributed by atoms with E-state index in [0.29, 0.717) is 12.3 Å². The van der Waals surface area contributed by atoms with E-state index < -0.39 is 0 Å². The zero-order valence-electron chi connectivity index (χ0n) is 14.4. The predicted molar refractivity (Wildman–Crippen MR) is 100 cm³/mol. The number of hydrogen-bond acceptors (Lipinski definition) is 4. The Kier molecular flexibility index (Phi) is 8.93. The highest BCUT2D eigenvalue weighted by Crippen LogP contribution is 2.22. The molecule has 1 N–H and O–H groups in total. The zero-order valence-corrected chi connectivity index (χ0v) is 16.0. The largest absolute Gasteiger partial charge is 0.496 e. The fourth-order valence-corrected chi connectivity index (χ4v) is 3.35. The average Bonchev–Trinajstić information content (AvgIpc) is 3.10. The maximum Gasteiger partial charge on any atom is 0.239 e. The van der Waals surface area contributed by atoms with E-state index in [-0.39, 0.29) is 42.6 Å². The minimum atomic E-state index is -0.248. The topological polar surface area (TPSA) is 44.8 Å². The summed E-state index contributed by atoms with van der Waals surface area (Å²) in [5.74, 6) is 0.687. The van der Waals surface area contributed by atoms with Crippen LogP contribution in [0.2, 0.25) is 0 Å². The average molecular weight is 394 g/mol. The van der Waals surface area contributed by atoms with Crippen molar-refractivity contribution in [2.45, 2.75) is 25.4 Å². The molecule has 0 bridgehead atoms. The number of ether oxygens (including phenoxy) is 1. The van der Waals surface area contributed by atoms with Crippen LogP contribution in [0.1, 0.15) is 18.4 Å². The second-order valence-electron chi connectivity index (χ2n) is 6.21. The highest BCUT2D eigenvalue weighted by Gasteiger charge is 2.29. The monoisotopic (exact) mass is 393 g/mol. The van der Waals surface area contributed by atoms with Gasteiger partial charge in [-0.2, -0.15) is 0 Å². The summed E-state index contributed by atoms with van der Waals surface area (Å²) in [5, 5.41) is 3.26. The van der Waals surface area contributed by atoms with E-state index in [0.717, 1.165) is 51.1 Å². The predicted octanol–water partition coefficient (Wildman–Crippen LogP) is 2.07. The van der Waals surface area contributed by atoms with Crippen LogP contribution < -0.4 is 10.1 Å². The van der Waals surface area contributed by atoms with Gasteiger partial charge in [0.2, 0.25) is 5.91 Å². The van der Waals surface area contributed by atoms with Gasteiger partial charge in [-0.05, 0) is 37.6 Å². The van der Waals surface area contributed by atoms with Crippen LogP contribution in [0.15, 0.2) is 18.2 Å². The van der Waals surface area contributed by atoms with E-state index in [1.54, 1.807) is 13.2 Å². The fourth-order valence-electron chi connectivity index (χ4n) is 3.35. The van der Waals surface area contributed by atoms with Gasteiger partial charge in [-0.25, -0.2) is 4.39 Å². The molecule has 2 saturated heterocycles. The molecule has 1 unspecified atom stereocenters. The van der Waals surface area contributed by atoms with Crippen molar-refractivity contribution in [2.24, 2.45) is 0 Å². The van der Waals surface area contributed by atoms with E-state index in [1.807, 2.05) is 4.90 Å². The third kappa shape index (κ3) is 5.45. The van der Waals surface area contributed by atoms with E-state index in [1.165, 1.54) is 12.1 Å². The molecule has 3 rings (SSSR count). The van der Waals surface area contributed by atoms with Crippen molar-refractivity contribution in [3.8, 4) is 5.75 Å². The fraction of sp³-hybridized carbons (Fsp3) is 0.588. The number of carbonyl (C=O) groups excluding carboxylic acids is 1. The third-order valence-electron chi connectivity index (χ3n) is 4.68. The number of piperazine rings is 1. The van der Waals surface area contributed by atoms with Crippen LogP contribution in [0, 0.1) is 5.82 Å². The Morgan fingerprint density at radius 1 is 1.28 bits per heavy atom. The third-order valence-corrected chi connectivity index (χ3v) is 4.68. The van der Waals surface area contributed by atoms with Crippen molar-refractivity contribution >= 4 is 30.7 Å². The summed E-state index contributed by atoms with van der Waals surface area (Å²) in [5.41, 5.74) is 0.852. The Balaban J connectivity index is 0.00000156. The van der Waals surface area contributed by atoms with Crippen molar-refractivity contribution in [3.05, 3.63) is 29.6 Å². The lowest BCUT2D eigenvalue weighted by Gasteiger charge is -2.36. The van der Waals surface area contributed by atoms with Crippen LogP contribution in [-0.2, 0) is 11.3 Å². The molecule has 0 aromatic heterocycles. The van der Waals surface area contributed by atoms with Gasteiger partial charge in [0.15, 0.2) is 0 Å². The molecule has 0 aliphatic carbocycles. The van der Waals surface area contributed by atoms with Crippen molar-refractivity contribution < 1.29 is 13.9 Å². The van der Waals surface area contributed by atoms with E-state index in [2.05, 4.69) is 10.2 Å². The maximum absolute atomic E-state index is 13.4. The second-order valence-corrected chi connectivity index (χ2v) is 6.21. The lowest BCUT2D eigenvalue weighted by atomic mass is 10.1. The second kappa shape index (κ2) is 10.2. The molecule has 2 heterocycles. The van der Waals surface area contributed by atoms with Crippen molar-refractivity contribution in [1.82, 2.24) is 15.1 Å². The van der Waals surface area contributed by atoms with Crippen LogP contribution in [0.5, 0.6) is 5.75 Å². The van der Waals surface area contributed by atoms with Gasteiger partial charge in [0.05, 0.1) is 13.2 Å². The lowest BCUT2D eigenvalue weighted by molar-refractivity contribution is -0.134. The Hall–Kier alpha value is -1.08. The first-order chi connectivity index (χ1) is 11.2. The summed E-state index contributed by atoms with van der Waals surface area (Å²) in [7, 11) is 1.60. The first-order valence-electron chi connectivity index (χ1n) is 8.24. The molecule has 1 atom stereocenters. The Morgan fingerprint density at radius 3 is 2.60 bits per heavy atom. The Bertz CT molecular complexity index is 563. The summed E-state index contributed by atoms with van der Waals surface area (Å²) < 4.78 is 18.7. The summed E-state index contributed by atoms with van der Waals surface area (Å²) >= 11 is 0. The lowest BCUT2D eigenvalue weighted by Crippen LogP contribution is -2.52. The van der Waals surface area contributed by atoms with Crippen LogP contribution in [0.3, 0.4) is 0 Å². The van der Waals surface area contributed by atoms with Gasteiger partial charge >= 0.3 is 0 Å². The molecule has 0 spiro atoms. The molecular weight excluding hydrogens is 368 g/mol. The summed E-state index contributed by atoms with van der Waals surface area (Å²) in [6.45, 7) is 4.65. The number of amides is 1. The van der Waals surface area contributed by atoms with E-state index in [9.17, 15) is 9.18 Å². The molecule has 0 saturated carbocycles. The highest BCUT2D eigenvalue weighted by atomic mass is 35.5. The number of hydrogen-bond donors (Lipinski definition) is 1. The molecule has 2 fully saturated rings. The molecule has 8 heteroatoms. The maximum atomic E-state index is 13.4. The van der Waals surface area contributed by atoms with Gasteiger partial charge in [-0.1, -0.05) is 0 Å². The van der Waals surface area contributed by atoms with Gasteiger partial charge in [-0.15, -0.1) is 24.8 Å². The number of halogens is 3. The molecule has 1 aromatic rings. The highest BCUT2D eigenvalue weighted by molar-refractivity contribution is 5.85. The summed E-state index contributed by atoms with van der Waals surface area (Å²) in [6.07, 6.45) is 2.02. The van der Waals surface area contributed by atoms with Gasteiger partial charge in [0, 0.05) is 38.3 Å². The summed E-state index contributed by atoms with van der Waals surface area (Å²) in [6, 6.07) is 4.60. The number of nitrogens with one attached hydrogen (secondary N) is 1. The smallest absolute Gasteiger partial charge is 0.239 e. The van der Waals surface area contributed by atoms with Crippen LogP contribution in [-0.4, -0.2) is 61.6 Å². The minimum absolute atomic E-state index is 0. The van der Waals surface area contributed by atoms with Crippen LogP contribution in [0.25, 0.3) is 0 Å². The van der Waals surface area contributed by atoms with Gasteiger partial charge < -0.3 is 15.0 Å². The van der Waals surface area contributed by atoms with E-state index >= 15 is 0 Å². The molecule has 0 radical (unpaired) electrons. The van der Waals surface area contributed by atoms with Gasteiger partial charge in [0.1, 0.15) is 11.6 Å². The molecular formula is C17H26Cl2FN3O2. The first kappa shape index (κ1) is 22.0. The molecule has 2 aliphatic heterocycles. The van der Waals surface area contributed by atoms with Crippen LogP contribution in [0.4, 0.5) is 4.39 Å². The Labute approximate surface area is 160 Å². The normalized spacial score (nSPS) is 20.6. The number of methoxy groups -OCH3 is 1. The summed E-state index contributed by atoms with van der Waals surface area (Å²) in [4.78, 5) is 16.6. The standard InChI is InChI=1S/C17H24FN3O2.2ClH/c1-23-16-5-4-14(18)11-13(16)12-20-7-9-21(10-8-20)17(22)15-3-2-6-19-15;;/h4-5,11,15,19H,2-3,6-10,12H2,1H3;2*1H. The number of rotatable bonds is 4. The molecule has 2 aliphatic rings. The van der Waals surface area contributed by atoms with Crippen molar-refractivity contribution in [2.75, 3.05) is 39.8 Å². The van der Waals surface area contributed by atoms with E-state index in [4.69, 9.17) is 4.74 Å². The number of nitrogens with zero attached hydrogens (tertiary/aromatic N) is 2. The van der Waals surface area contributed by atoms with Crippen molar-refractivity contribution in [3.63, 3.8) is 0 Å². The molecule has 1 amide bonds. The Morgan fingerprint density at radius 2 is 2.00 bits per heavy atom. The number of carbonyl (C=O) groups is 1. The van der Waals surface area contributed by atoms with Crippen LogP contribution >= 0.6 is 24.8 Å². The zero-order chi connectivity index (χ0) is 16.2. The molecule has 142 valence electrons. The van der Waals surface area contributed by atoms with Gasteiger partial charge in [0.25, 0.3) is 0 Å². The van der Waals surface area contributed by atoms with Crippen molar-refractivity contribution in [1.29, 1.82) is 0 Å². The SMILES string of the molecule is COc1ccc(F)cc1CN1CCN(C(=O)C2CCCN2)CC1.Cl.Cl. The minimum Gasteiger partial charge on any atom is -0.496 e. The molecule has 1 aromatic carbocycles. The quantitative estimate of drug-likeness (QED) is 0.850. The molecule has 5 nitrogen and oxygen atoms in total. The first-order valence-corrected chi connectivity index (χ1v) is 8.24. The van der Waals surface area contributed by atoms with Gasteiger partial charge in [-0.3, -0.25) is 9.69 Å². The number of benzene rings is 1.